The van der Waals surface area contributed by atoms with Crippen molar-refractivity contribution in [2.75, 3.05) is 13.1 Å². The molecule has 0 radical (unpaired) electrons. The second-order valence-electron chi connectivity index (χ2n) is 6.24. The Balaban J connectivity index is 0.00000312. The van der Waals surface area contributed by atoms with E-state index >= 15 is 0 Å². The van der Waals surface area contributed by atoms with Crippen LogP contribution in [0.2, 0.25) is 5.02 Å². The Bertz CT molecular complexity index is 681. The first-order chi connectivity index (χ1) is 11.4. The third kappa shape index (κ3) is 6.47. The van der Waals surface area contributed by atoms with Gasteiger partial charge in [-0.2, -0.15) is 5.10 Å². The molecule has 0 aliphatic rings. The first-order valence-corrected chi connectivity index (χ1v) is 8.41. The van der Waals surface area contributed by atoms with Gasteiger partial charge in [-0.05, 0) is 24.6 Å². The van der Waals surface area contributed by atoms with E-state index in [4.69, 9.17) is 11.6 Å². The van der Waals surface area contributed by atoms with Crippen LogP contribution in [-0.4, -0.2) is 33.8 Å². The Kier molecular flexibility index (Phi) is 8.64. The van der Waals surface area contributed by atoms with E-state index in [2.05, 4.69) is 51.7 Å². The lowest BCUT2D eigenvalue weighted by Crippen LogP contribution is -2.43. The molecule has 0 amide bonds. The Morgan fingerprint density at radius 3 is 2.48 bits per heavy atom. The Hall–Kier alpha value is -1.35. The second-order valence-corrected chi connectivity index (χ2v) is 6.68. The molecular formula is C17H26ClIN6. The van der Waals surface area contributed by atoms with E-state index in [1.165, 1.54) is 11.9 Å². The van der Waals surface area contributed by atoms with Gasteiger partial charge in [-0.1, -0.05) is 37.6 Å². The summed E-state index contributed by atoms with van der Waals surface area (Å²) in [6.45, 7) is 8.45. The lowest BCUT2D eigenvalue weighted by Gasteiger charge is -2.27. The fourth-order valence-corrected chi connectivity index (χ4v) is 2.39. The van der Waals surface area contributed by atoms with Crippen LogP contribution < -0.4 is 10.6 Å². The maximum absolute atomic E-state index is 5.98. The summed E-state index contributed by atoms with van der Waals surface area (Å²) >= 11 is 5.98. The zero-order valence-electron chi connectivity index (χ0n) is 15.1. The zero-order valence-corrected chi connectivity index (χ0v) is 18.2. The first kappa shape index (κ1) is 21.7. The van der Waals surface area contributed by atoms with Gasteiger partial charge in [0.05, 0.1) is 0 Å². The van der Waals surface area contributed by atoms with Crippen molar-refractivity contribution in [1.82, 2.24) is 25.4 Å². The molecule has 0 saturated carbocycles. The van der Waals surface area contributed by atoms with E-state index in [0.29, 0.717) is 6.54 Å². The summed E-state index contributed by atoms with van der Waals surface area (Å²) in [7, 11) is 1.86. The molecule has 8 heteroatoms. The molecule has 0 unspecified atom stereocenters. The average molecular weight is 477 g/mol. The van der Waals surface area contributed by atoms with Crippen LogP contribution in [-0.2, 0) is 19.0 Å². The summed E-state index contributed by atoms with van der Waals surface area (Å²) in [5.41, 5.74) is 1.18. The molecule has 1 aromatic heterocycles. The van der Waals surface area contributed by atoms with E-state index in [9.17, 15) is 0 Å². The SMILES string of the molecule is CCNC(=NCc1ncnn1C)NCC(C)(C)c1ccc(Cl)cc1.I. The molecule has 0 bridgehead atoms. The summed E-state index contributed by atoms with van der Waals surface area (Å²) < 4.78 is 1.73. The third-order valence-corrected chi connectivity index (χ3v) is 4.10. The molecule has 0 atom stereocenters. The van der Waals surface area contributed by atoms with Gasteiger partial charge in [-0.3, -0.25) is 4.68 Å². The quantitative estimate of drug-likeness (QED) is 0.382. The molecule has 0 aliphatic heterocycles. The monoisotopic (exact) mass is 476 g/mol. The van der Waals surface area contributed by atoms with Crippen LogP contribution in [0.4, 0.5) is 0 Å². The van der Waals surface area contributed by atoms with E-state index in [-0.39, 0.29) is 29.4 Å². The van der Waals surface area contributed by atoms with Gasteiger partial charge in [0.25, 0.3) is 0 Å². The minimum Gasteiger partial charge on any atom is -0.357 e. The van der Waals surface area contributed by atoms with Gasteiger partial charge in [-0.25, -0.2) is 9.98 Å². The number of guanidine groups is 1. The number of benzene rings is 1. The molecule has 0 saturated heterocycles. The summed E-state index contributed by atoms with van der Waals surface area (Å²) in [5.74, 6) is 1.59. The lowest BCUT2D eigenvalue weighted by molar-refractivity contribution is 0.508. The molecule has 1 heterocycles. The maximum atomic E-state index is 5.98. The molecule has 0 fully saturated rings. The number of rotatable bonds is 6. The fourth-order valence-electron chi connectivity index (χ4n) is 2.26. The highest BCUT2D eigenvalue weighted by atomic mass is 127. The van der Waals surface area contributed by atoms with Crippen molar-refractivity contribution < 1.29 is 0 Å². The predicted molar refractivity (Wildman–Crippen MR) is 114 cm³/mol. The number of halogens is 2. The number of aliphatic imine (C=N–C) groups is 1. The Morgan fingerprint density at radius 1 is 1.24 bits per heavy atom. The molecule has 0 spiro atoms. The molecular weight excluding hydrogens is 451 g/mol. The maximum Gasteiger partial charge on any atom is 0.191 e. The van der Waals surface area contributed by atoms with Crippen molar-refractivity contribution in [3.05, 3.63) is 47.0 Å². The van der Waals surface area contributed by atoms with Crippen LogP contribution in [0.25, 0.3) is 0 Å². The minimum absolute atomic E-state index is 0. The molecule has 6 nitrogen and oxygen atoms in total. The predicted octanol–water partition coefficient (Wildman–Crippen LogP) is 3.12. The number of hydrogen-bond donors (Lipinski definition) is 2. The zero-order chi connectivity index (χ0) is 17.6. The standard InChI is InChI=1S/C17H25ClN6.HI/c1-5-19-16(20-10-15-22-12-23-24(15)4)21-11-17(2,3)13-6-8-14(18)9-7-13;/h6-9,12H,5,10-11H2,1-4H3,(H2,19,20,21);1H. The Labute approximate surface area is 171 Å². The molecule has 1 aromatic carbocycles. The number of hydrogen-bond acceptors (Lipinski definition) is 3. The number of nitrogens with zero attached hydrogens (tertiary/aromatic N) is 4. The van der Waals surface area contributed by atoms with E-state index in [0.717, 1.165) is 29.9 Å². The van der Waals surface area contributed by atoms with Gasteiger partial charge in [0.2, 0.25) is 0 Å². The number of nitrogens with one attached hydrogen (secondary N) is 2. The van der Waals surface area contributed by atoms with E-state index in [1.807, 2.05) is 26.1 Å². The normalized spacial score (nSPS) is 11.8. The van der Waals surface area contributed by atoms with Crippen molar-refractivity contribution in [2.45, 2.75) is 32.7 Å². The van der Waals surface area contributed by atoms with Crippen molar-refractivity contribution in [2.24, 2.45) is 12.0 Å². The van der Waals surface area contributed by atoms with Crippen LogP contribution in [0.3, 0.4) is 0 Å². The van der Waals surface area contributed by atoms with Crippen molar-refractivity contribution in [3.63, 3.8) is 0 Å². The highest BCUT2D eigenvalue weighted by molar-refractivity contribution is 14.0. The van der Waals surface area contributed by atoms with Crippen LogP contribution in [0.1, 0.15) is 32.2 Å². The topological polar surface area (TPSA) is 67.1 Å². The molecule has 138 valence electrons. The largest absolute Gasteiger partial charge is 0.357 e. The lowest BCUT2D eigenvalue weighted by atomic mass is 9.85. The van der Waals surface area contributed by atoms with Gasteiger partial charge >= 0.3 is 0 Å². The molecule has 2 rings (SSSR count). The summed E-state index contributed by atoms with van der Waals surface area (Å²) in [5, 5.41) is 11.5. The molecule has 25 heavy (non-hydrogen) atoms. The van der Waals surface area contributed by atoms with Crippen LogP contribution >= 0.6 is 35.6 Å². The Morgan fingerprint density at radius 2 is 1.92 bits per heavy atom. The van der Waals surface area contributed by atoms with Crippen LogP contribution in [0, 0.1) is 0 Å². The third-order valence-electron chi connectivity index (χ3n) is 3.85. The van der Waals surface area contributed by atoms with Gasteiger partial charge in [0.1, 0.15) is 18.7 Å². The van der Waals surface area contributed by atoms with Gasteiger partial charge < -0.3 is 10.6 Å². The van der Waals surface area contributed by atoms with Crippen LogP contribution in [0.15, 0.2) is 35.6 Å². The van der Waals surface area contributed by atoms with Crippen molar-refractivity contribution >= 4 is 41.5 Å². The highest BCUT2D eigenvalue weighted by Crippen LogP contribution is 2.23. The minimum atomic E-state index is -0.0500. The molecule has 0 aliphatic carbocycles. The van der Waals surface area contributed by atoms with Crippen molar-refractivity contribution in [3.8, 4) is 0 Å². The van der Waals surface area contributed by atoms with Gasteiger partial charge in [-0.15, -0.1) is 24.0 Å². The summed E-state index contributed by atoms with van der Waals surface area (Å²) in [4.78, 5) is 8.77. The average Bonchev–Trinajstić information content (AvgIpc) is 2.96. The first-order valence-electron chi connectivity index (χ1n) is 8.03. The van der Waals surface area contributed by atoms with Gasteiger partial charge in [0, 0.05) is 30.6 Å². The fraction of sp³-hybridized carbons (Fsp3) is 0.471. The van der Waals surface area contributed by atoms with Gasteiger partial charge in [0.15, 0.2) is 5.96 Å². The summed E-state index contributed by atoms with van der Waals surface area (Å²) in [6.07, 6.45) is 1.54. The van der Waals surface area contributed by atoms with Crippen LogP contribution in [0.5, 0.6) is 0 Å². The van der Waals surface area contributed by atoms with E-state index < -0.39 is 0 Å². The number of aryl methyl sites for hydroxylation is 1. The summed E-state index contributed by atoms with van der Waals surface area (Å²) in [6, 6.07) is 7.97. The van der Waals surface area contributed by atoms with Crippen molar-refractivity contribution in [1.29, 1.82) is 0 Å². The highest BCUT2D eigenvalue weighted by Gasteiger charge is 2.20. The smallest absolute Gasteiger partial charge is 0.191 e. The molecule has 2 aromatic rings. The van der Waals surface area contributed by atoms with E-state index in [1.54, 1.807) is 4.68 Å². The number of aromatic nitrogens is 3. The molecule has 2 N–H and O–H groups in total. The second kappa shape index (κ2) is 9.96.